The highest BCUT2D eigenvalue weighted by Crippen LogP contribution is 2.25. The van der Waals surface area contributed by atoms with Crippen molar-refractivity contribution in [2.24, 2.45) is 0 Å². The molecule has 33 heavy (non-hydrogen) atoms. The van der Waals surface area contributed by atoms with Gasteiger partial charge in [0.25, 0.3) is 10.0 Å². The molecule has 0 atom stereocenters. The van der Waals surface area contributed by atoms with Crippen LogP contribution in [0.25, 0.3) is 10.9 Å². The summed E-state index contributed by atoms with van der Waals surface area (Å²) >= 11 is 0. The molecule has 1 aliphatic heterocycles. The summed E-state index contributed by atoms with van der Waals surface area (Å²) in [6.07, 6.45) is 3.91. The highest BCUT2D eigenvalue weighted by atomic mass is 32.2. The van der Waals surface area contributed by atoms with Gasteiger partial charge in [0, 0.05) is 47.8 Å². The first-order valence-corrected chi connectivity index (χ1v) is 12.3. The van der Waals surface area contributed by atoms with Gasteiger partial charge in [0.2, 0.25) is 5.95 Å². The van der Waals surface area contributed by atoms with Crippen LogP contribution in [0.4, 0.5) is 23.1 Å². The maximum atomic E-state index is 13.0. The molecule has 1 saturated heterocycles. The number of aryl methyl sites for hydroxylation is 1. The van der Waals surface area contributed by atoms with E-state index in [1.807, 2.05) is 37.3 Å². The largest absolute Gasteiger partial charge is 0.341 e. The second-order valence-corrected chi connectivity index (χ2v) is 9.68. The fourth-order valence-corrected chi connectivity index (χ4v) is 5.19. The lowest BCUT2D eigenvalue weighted by Gasteiger charge is -2.17. The van der Waals surface area contributed by atoms with Gasteiger partial charge >= 0.3 is 0 Å². The Balaban J connectivity index is 1.34. The first-order valence-electron chi connectivity index (χ1n) is 10.8. The van der Waals surface area contributed by atoms with E-state index in [9.17, 15) is 8.42 Å². The summed E-state index contributed by atoms with van der Waals surface area (Å²) in [6.45, 7) is 3.90. The minimum atomic E-state index is -3.79. The summed E-state index contributed by atoms with van der Waals surface area (Å²) < 4.78 is 28.7. The average Bonchev–Trinajstić information content (AvgIpc) is 3.35. The maximum absolute atomic E-state index is 13.0. The van der Waals surface area contributed by atoms with Crippen molar-refractivity contribution < 1.29 is 8.42 Å². The van der Waals surface area contributed by atoms with Crippen LogP contribution in [0.3, 0.4) is 0 Å². The third-order valence-corrected chi connectivity index (χ3v) is 6.94. The number of benzene rings is 2. The predicted octanol–water partition coefficient (Wildman–Crippen LogP) is 4.48. The van der Waals surface area contributed by atoms with Crippen LogP contribution < -0.4 is 14.9 Å². The summed E-state index contributed by atoms with van der Waals surface area (Å²) in [4.78, 5) is 15.8. The van der Waals surface area contributed by atoms with E-state index in [-0.39, 0.29) is 4.90 Å². The molecule has 1 aliphatic rings. The van der Waals surface area contributed by atoms with Gasteiger partial charge in [-0.15, -0.1) is 0 Å². The van der Waals surface area contributed by atoms with Gasteiger partial charge in [-0.2, -0.15) is 4.98 Å². The number of hydrogen-bond donors (Lipinski definition) is 2. The monoisotopic (exact) mass is 460 g/mol. The molecule has 0 saturated carbocycles. The van der Waals surface area contributed by atoms with E-state index >= 15 is 0 Å². The van der Waals surface area contributed by atoms with Gasteiger partial charge in [0.1, 0.15) is 10.7 Å². The van der Waals surface area contributed by atoms with Gasteiger partial charge in [-0.3, -0.25) is 9.71 Å². The lowest BCUT2D eigenvalue weighted by molar-refractivity contribution is 0.602. The lowest BCUT2D eigenvalue weighted by Crippen LogP contribution is -2.21. The van der Waals surface area contributed by atoms with E-state index in [4.69, 9.17) is 0 Å². The zero-order valence-electron chi connectivity index (χ0n) is 18.2. The van der Waals surface area contributed by atoms with E-state index in [1.54, 1.807) is 36.5 Å². The standard InChI is InChI=1S/C24H24N6O2S/c1-17-16-22(28-24(26-17)30-14-2-3-15-30)27-19-9-11-20(12-10-19)29-33(31,32)21-8-4-6-18-7-5-13-25-23(18)21/h4-13,16,29H,2-3,14-15H2,1H3,(H,26,27,28). The Morgan fingerprint density at radius 3 is 2.42 bits per heavy atom. The second kappa shape index (κ2) is 8.67. The molecular formula is C24H24N6O2S. The van der Waals surface area contributed by atoms with Crippen molar-refractivity contribution >= 4 is 44.1 Å². The zero-order valence-corrected chi connectivity index (χ0v) is 19.0. The Kier molecular flexibility index (Phi) is 5.55. The number of para-hydroxylation sites is 1. The van der Waals surface area contributed by atoms with Crippen LogP contribution in [-0.4, -0.2) is 36.5 Å². The highest BCUT2D eigenvalue weighted by molar-refractivity contribution is 7.93. The van der Waals surface area contributed by atoms with E-state index in [1.165, 1.54) is 0 Å². The van der Waals surface area contributed by atoms with Crippen LogP contribution in [0.15, 0.2) is 71.8 Å². The molecule has 9 heteroatoms. The average molecular weight is 461 g/mol. The number of fused-ring (bicyclic) bond motifs is 1. The molecule has 2 aromatic carbocycles. The molecular weight excluding hydrogens is 436 g/mol. The van der Waals surface area contributed by atoms with Crippen LogP contribution in [0, 0.1) is 6.92 Å². The van der Waals surface area contributed by atoms with Crippen molar-refractivity contribution in [2.45, 2.75) is 24.7 Å². The molecule has 8 nitrogen and oxygen atoms in total. The van der Waals surface area contributed by atoms with Crippen molar-refractivity contribution in [1.29, 1.82) is 0 Å². The van der Waals surface area contributed by atoms with Gasteiger partial charge in [0.05, 0.1) is 5.52 Å². The molecule has 4 aromatic rings. The van der Waals surface area contributed by atoms with Crippen LogP contribution in [0.5, 0.6) is 0 Å². The molecule has 1 fully saturated rings. The normalized spacial score (nSPS) is 13.9. The smallest absolute Gasteiger partial charge is 0.264 e. The topological polar surface area (TPSA) is 100 Å². The zero-order chi connectivity index (χ0) is 22.8. The Morgan fingerprint density at radius 2 is 1.64 bits per heavy atom. The first-order chi connectivity index (χ1) is 16.0. The fraction of sp³-hybridized carbons (Fsp3) is 0.208. The third-order valence-electron chi connectivity index (χ3n) is 5.53. The van der Waals surface area contributed by atoms with Gasteiger partial charge < -0.3 is 10.2 Å². The van der Waals surface area contributed by atoms with Crippen LogP contribution in [-0.2, 0) is 10.0 Å². The number of nitrogens with one attached hydrogen (secondary N) is 2. The minimum absolute atomic E-state index is 0.147. The predicted molar refractivity (Wildman–Crippen MR) is 130 cm³/mol. The lowest BCUT2D eigenvalue weighted by atomic mass is 10.2. The van der Waals surface area contributed by atoms with Gasteiger partial charge in [-0.25, -0.2) is 13.4 Å². The number of pyridine rings is 1. The first kappa shape index (κ1) is 21.1. The molecule has 5 rings (SSSR count). The van der Waals surface area contributed by atoms with E-state index < -0.39 is 10.0 Å². The van der Waals surface area contributed by atoms with Gasteiger partial charge in [-0.05, 0) is 56.2 Å². The van der Waals surface area contributed by atoms with E-state index in [2.05, 4.69) is 29.9 Å². The molecule has 0 bridgehead atoms. The number of rotatable bonds is 6. The van der Waals surface area contributed by atoms with Crippen LogP contribution in [0.1, 0.15) is 18.5 Å². The highest BCUT2D eigenvalue weighted by Gasteiger charge is 2.19. The molecule has 2 N–H and O–H groups in total. The molecule has 168 valence electrons. The summed E-state index contributed by atoms with van der Waals surface area (Å²) in [7, 11) is -3.79. The summed E-state index contributed by atoms with van der Waals surface area (Å²) in [5.74, 6) is 1.45. The number of sulfonamides is 1. The van der Waals surface area contributed by atoms with Crippen molar-refractivity contribution in [3.63, 3.8) is 0 Å². The van der Waals surface area contributed by atoms with Crippen molar-refractivity contribution in [3.05, 3.63) is 72.6 Å². The molecule has 0 amide bonds. The molecule has 3 heterocycles. The SMILES string of the molecule is Cc1cc(Nc2ccc(NS(=O)(=O)c3cccc4cccnc34)cc2)nc(N2CCCC2)n1. The Morgan fingerprint density at radius 1 is 0.909 bits per heavy atom. The van der Waals surface area contributed by atoms with Crippen LogP contribution >= 0.6 is 0 Å². The summed E-state index contributed by atoms with van der Waals surface area (Å²) in [5, 5.41) is 4.06. The molecule has 0 aliphatic carbocycles. The Hall–Kier alpha value is -3.72. The van der Waals surface area contributed by atoms with Crippen LogP contribution in [0.2, 0.25) is 0 Å². The van der Waals surface area contributed by atoms with Gasteiger partial charge in [0.15, 0.2) is 0 Å². The van der Waals surface area contributed by atoms with Crippen molar-refractivity contribution in [2.75, 3.05) is 28.0 Å². The third kappa shape index (κ3) is 4.58. The minimum Gasteiger partial charge on any atom is -0.341 e. The number of nitrogens with zero attached hydrogens (tertiary/aromatic N) is 4. The number of anilines is 4. The molecule has 0 unspecified atom stereocenters. The number of hydrogen-bond acceptors (Lipinski definition) is 7. The molecule has 0 spiro atoms. The van der Waals surface area contributed by atoms with Crippen molar-refractivity contribution in [1.82, 2.24) is 15.0 Å². The molecule has 2 aromatic heterocycles. The Bertz CT molecular complexity index is 1400. The second-order valence-electron chi connectivity index (χ2n) is 8.03. The fourth-order valence-electron chi connectivity index (χ4n) is 3.95. The van der Waals surface area contributed by atoms with Crippen molar-refractivity contribution in [3.8, 4) is 0 Å². The summed E-state index contributed by atoms with van der Waals surface area (Å²) in [5.41, 5.74) is 2.60. The van der Waals surface area contributed by atoms with E-state index in [0.29, 0.717) is 17.0 Å². The molecule has 0 radical (unpaired) electrons. The number of aromatic nitrogens is 3. The van der Waals surface area contributed by atoms with Gasteiger partial charge in [-0.1, -0.05) is 18.2 Å². The Labute approximate surface area is 192 Å². The maximum Gasteiger partial charge on any atom is 0.264 e. The van der Waals surface area contributed by atoms with E-state index in [0.717, 1.165) is 48.6 Å². The quantitative estimate of drug-likeness (QED) is 0.438. The summed E-state index contributed by atoms with van der Waals surface area (Å²) in [6, 6.07) is 17.7.